The Labute approximate surface area is 123 Å². The Kier molecular flexibility index (Phi) is 6.55. The topological polar surface area (TPSA) is 29.5 Å². The van der Waals surface area contributed by atoms with Crippen LogP contribution >= 0.6 is 0 Å². The average Bonchev–Trinajstić information content (AvgIpc) is 2.46. The highest BCUT2D eigenvalue weighted by Crippen LogP contribution is 2.26. The summed E-state index contributed by atoms with van der Waals surface area (Å²) in [5, 5.41) is 10.0. The molecule has 0 saturated carbocycles. The quantitative estimate of drug-likeness (QED) is 0.759. The third kappa shape index (κ3) is 5.26. The molecular formula is C18H28O2. The van der Waals surface area contributed by atoms with Crippen molar-refractivity contribution in [3.8, 4) is 0 Å². The normalized spacial score (nSPS) is 26.6. The minimum atomic E-state index is -0.170. The maximum atomic E-state index is 10.0. The van der Waals surface area contributed by atoms with Crippen LogP contribution in [-0.2, 0) is 11.2 Å². The molecule has 2 heteroatoms. The lowest BCUT2D eigenvalue weighted by Crippen LogP contribution is -2.35. The largest absolute Gasteiger partial charge is 0.393 e. The molecule has 2 rings (SSSR count). The number of aliphatic hydroxyl groups excluding tert-OH is 1. The molecule has 20 heavy (non-hydrogen) atoms. The Balaban J connectivity index is 1.76. The van der Waals surface area contributed by atoms with Gasteiger partial charge in [-0.1, -0.05) is 56.5 Å². The summed E-state index contributed by atoms with van der Waals surface area (Å²) >= 11 is 0. The second-order valence-electron chi connectivity index (χ2n) is 6.03. The van der Waals surface area contributed by atoms with Crippen molar-refractivity contribution in [2.75, 3.05) is 0 Å². The number of benzene rings is 1. The molecule has 0 bridgehead atoms. The molecule has 2 nitrogen and oxygen atoms in total. The van der Waals surface area contributed by atoms with Crippen LogP contribution in [0.4, 0.5) is 0 Å². The maximum Gasteiger partial charge on any atom is 0.0606 e. The number of aryl methyl sites for hydroxylation is 1. The van der Waals surface area contributed by atoms with Gasteiger partial charge in [-0.2, -0.15) is 0 Å². The van der Waals surface area contributed by atoms with E-state index in [2.05, 4.69) is 31.2 Å². The van der Waals surface area contributed by atoms with Crippen molar-refractivity contribution in [3.63, 3.8) is 0 Å². The van der Waals surface area contributed by atoms with Gasteiger partial charge in [0.2, 0.25) is 0 Å². The van der Waals surface area contributed by atoms with Gasteiger partial charge in [0.25, 0.3) is 0 Å². The first-order valence-electron chi connectivity index (χ1n) is 8.15. The molecule has 1 saturated heterocycles. The summed E-state index contributed by atoms with van der Waals surface area (Å²) in [6.45, 7) is 2.22. The van der Waals surface area contributed by atoms with Gasteiger partial charge in [-0.15, -0.1) is 0 Å². The van der Waals surface area contributed by atoms with Crippen molar-refractivity contribution in [3.05, 3.63) is 35.9 Å². The van der Waals surface area contributed by atoms with Gasteiger partial charge >= 0.3 is 0 Å². The fourth-order valence-corrected chi connectivity index (χ4v) is 3.05. The van der Waals surface area contributed by atoms with Gasteiger partial charge in [-0.05, 0) is 37.7 Å². The summed E-state index contributed by atoms with van der Waals surface area (Å²) in [7, 11) is 0. The van der Waals surface area contributed by atoms with E-state index in [4.69, 9.17) is 4.74 Å². The van der Waals surface area contributed by atoms with E-state index < -0.39 is 0 Å². The SMILES string of the molecule is CCCCC[C@H]1C[C@@H](O)C[C@@H](CCc2ccccc2)O1. The van der Waals surface area contributed by atoms with Gasteiger partial charge in [0.05, 0.1) is 18.3 Å². The molecule has 1 aromatic carbocycles. The van der Waals surface area contributed by atoms with Gasteiger partial charge in [-0.25, -0.2) is 0 Å². The fourth-order valence-electron chi connectivity index (χ4n) is 3.05. The van der Waals surface area contributed by atoms with Crippen LogP contribution in [-0.4, -0.2) is 23.4 Å². The molecule has 0 radical (unpaired) electrons. The van der Waals surface area contributed by atoms with Gasteiger partial charge in [0, 0.05) is 0 Å². The highest BCUT2D eigenvalue weighted by molar-refractivity contribution is 5.14. The van der Waals surface area contributed by atoms with E-state index in [9.17, 15) is 5.11 Å². The summed E-state index contributed by atoms with van der Waals surface area (Å²) in [6.07, 6.45) is 8.85. The molecule has 0 spiro atoms. The zero-order valence-corrected chi connectivity index (χ0v) is 12.6. The van der Waals surface area contributed by atoms with Gasteiger partial charge < -0.3 is 9.84 Å². The Hall–Kier alpha value is -0.860. The Morgan fingerprint density at radius 3 is 2.45 bits per heavy atom. The molecule has 112 valence electrons. The van der Waals surface area contributed by atoms with Crippen LogP contribution in [0.5, 0.6) is 0 Å². The molecule has 1 fully saturated rings. The number of unbranched alkanes of at least 4 members (excludes halogenated alkanes) is 2. The minimum absolute atomic E-state index is 0.170. The van der Waals surface area contributed by atoms with E-state index in [0.717, 1.165) is 32.1 Å². The summed E-state index contributed by atoms with van der Waals surface area (Å²) < 4.78 is 6.17. The van der Waals surface area contributed by atoms with Crippen LogP contribution < -0.4 is 0 Å². The lowest BCUT2D eigenvalue weighted by atomic mass is 9.94. The van der Waals surface area contributed by atoms with Crippen molar-refractivity contribution in [2.45, 2.75) is 76.6 Å². The third-order valence-electron chi connectivity index (χ3n) is 4.18. The van der Waals surface area contributed by atoms with Gasteiger partial charge in [0.1, 0.15) is 0 Å². The lowest BCUT2D eigenvalue weighted by molar-refractivity contribution is -0.101. The van der Waals surface area contributed by atoms with Crippen LogP contribution in [0.2, 0.25) is 0 Å². The lowest BCUT2D eigenvalue weighted by Gasteiger charge is -2.33. The van der Waals surface area contributed by atoms with Crippen molar-refractivity contribution in [1.29, 1.82) is 0 Å². The summed E-state index contributed by atoms with van der Waals surface area (Å²) in [5.74, 6) is 0. The standard InChI is InChI=1S/C18H28O2/c1-2-3-5-10-17-13-16(19)14-18(20-17)12-11-15-8-6-4-7-9-15/h4,6-9,16-19H,2-3,5,10-14H2,1H3/t16-,17+,18-/m1/s1. The highest BCUT2D eigenvalue weighted by atomic mass is 16.5. The average molecular weight is 276 g/mol. The molecule has 1 aromatic rings. The summed E-state index contributed by atoms with van der Waals surface area (Å²) in [6, 6.07) is 10.5. The second kappa shape index (κ2) is 8.43. The Morgan fingerprint density at radius 1 is 1.05 bits per heavy atom. The van der Waals surface area contributed by atoms with Crippen molar-refractivity contribution < 1.29 is 9.84 Å². The van der Waals surface area contributed by atoms with Crippen LogP contribution in [0, 0.1) is 0 Å². The third-order valence-corrected chi connectivity index (χ3v) is 4.18. The van der Waals surface area contributed by atoms with Gasteiger partial charge in [0.15, 0.2) is 0 Å². The first kappa shape index (κ1) is 15.5. The molecule has 0 unspecified atom stereocenters. The van der Waals surface area contributed by atoms with Crippen molar-refractivity contribution >= 4 is 0 Å². The van der Waals surface area contributed by atoms with Crippen LogP contribution in [0.15, 0.2) is 30.3 Å². The number of rotatable bonds is 7. The monoisotopic (exact) mass is 276 g/mol. The Bertz CT molecular complexity index is 363. The first-order valence-corrected chi connectivity index (χ1v) is 8.15. The van der Waals surface area contributed by atoms with E-state index >= 15 is 0 Å². The van der Waals surface area contributed by atoms with E-state index in [0.29, 0.717) is 0 Å². The molecular weight excluding hydrogens is 248 g/mol. The van der Waals surface area contributed by atoms with E-state index in [1.54, 1.807) is 0 Å². The van der Waals surface area contributed by atoms with E-state index in [1.165, 1.54) is 24.8 Å². The van der Waals surface area contributed by atoms with E-state index in [-0.39, 0.29) is 18.3 Å². The molecule has 1 aliphatic heterocycles. The molecule has 0 aliphatic carbocycles. The van der Waals surface area contributed by atoms with Crippen LogP contribution in [0.25, 0.3) is 0 Å². The number of hydrogen-bond donors (Lipinski definition) is 1. The first-order chi connectivity index (χ1) is 9.78. The highest BCUT2D eigenvalue weighted by Gasteiger charge is 2.27. The number of hydrogen-bond acceptors (Lipinski definition) is 2. The van der Waals surface area contributed by atoms with Crippen LogP contribution in [0.1, 0.15) is 57.4 Å². The smallest absolute Gasteiger partial charge is 0.0606 e. The summed E-state index contributed by atoms with van der Waals surface area (Å²) in [4.78, 5) is 0. The molecule has 0 amide bonds. The molecule has 0 aromatic heterocycles. The Morgan fingerprint density at radius 2 is 1.75 bits per heavy atom. The fraction of sp³-hybridized carbons (Fsp3) is 0.667. The van der Waals surface area contributed by atoms with Crippen molar-refractivity contribution in [1.82, 2.24) is 0 Å². The number of ether oxygens (including phenoxy) is 1. The minimum Gasteiger partial charge on any atom is -0.393 e. The zero-order valence-electron chi connectivity index (χ0n) is 12.6. The van der Waals surface area contributed by atoms with Gasteiger partial charge in [-0.3, -0.25) is 0 Å². The van der Waals surface area contributed by atoms with Crippen LogP contribution in [0.3, 0.4) is 0 Å². The number of aliphatic hydroxyl groups is 1. The molecule has 1 heterocycles. The van der Waals surface area contributed by atoms with E-state index in [1.807, 2.05) is 6.07 Å². The second-order valence-corrected chi connectivity index (χ2v) is 6.03. The molecule has 3 atom stereocenters. The molecule has 1 aliphatic rings. The molecule has 1 N–H and O–H groups in total. The predicted octanol–water partition coefficient (Wildman–Crippen LogP) is 4.11. The predicted molar refractivity (Wildman–Crippen MR) is 82.8 cm³/mol. The van der Waals surface area contributed by atoms with Crippen molar-refractivity contribution in [2.24, 2.45) is 0 Å². The summed E-state index contributed by atoms with van der Waals surface area (Å²) in [5.41, 5.74) is 1.36. The zero-order chi connectivity index (χ0) is 14.2. The maximum absolute atomic E-state index is 10.0.